The number of ketones is 2. The molecule has 21 heavy (non-hydrogen) atoms. The molecule has 0 saturated carbocycles. The molecule has 2 N–H and O–H groups in total. The minimum Gasteiger partial charge on any atom is -0.512 e. The molecule has 1 radical (unpaired) electrons. The zero-order valence-electron chi connectivity index (χ0n) is 10.5. The van der Waals surface area contributed by atoms with Crippen LogP contribution in [0.3, 0.4) is 0 Å². The van der Waals surface area contributed by atoms with E-state index in [-0.39, 0.29) is 28.9 Å². The molecule has 0 amide bonds. The maximum atomic E-state index is 11.3. The topological polar surface area (TPSA) is 74.6 Å². The van der Waals surface area contributed by atoms with E-state index in [9.17, 15) is 35.9 Å². The summed E-state index contributed by atoms with van der Waals surface area (Å²) in [5, 5.41) is 16.3. The molecule has 0 atom stereocenters. The van der Waals surface area contributed by atoms with Crippen molar-refractivity contribution in [2.75, 3.05) is 0 Å². The minimum atomic E-state index is -4.88. The quantitative estimate of drug-likeness (QED) is 0.447. The van der Waals surface area contributed by atoms with Gasteiger partial charge in [0.1, 0.15) is 0 Å². The molecule has 11 heteroatoms. The van der Waals surface area contributed by atoms with Gasteiger partial charge in [-0.05, 0) is 13.8 Å². The molecular weight excluding hydrogens is 357 g/mol. The van der Waals surface area contributed by atoms with Crippen molar-refractivity contribution in [3.63, 3.8) is 0 Å². The van der Waals surface area contributed by atoms with Gasteiger partial charge in [-0.25, -0.2) is 0 Å². The van der Waals surface area contributed by atoms with E-state index in [1.807, 2.05) is 0 Å². The molecule has 0 spiro atoms. The molecule has 0 heterocycles. The fourth-order valence-electron chi connectivity index (χ4n) is 0.546. The van der Waals surface area contributed by atoms with Crippen LogP contribution in [-0.4, -0.2) is 34.1 Å². The van der Waals surface area contributed by atoms with E-state index in [2.05, 4.69) is 0 Å². The Morgan fingerprint density at radius 3 is 1.33 bits per heavy atom. The van der Waals surface area contributed by atoms with Gasteiger partial charge in [0.25, 0.3) is 5.78 Å². The second-order valence-corrected chi connectivity index (χ2v) is 3.29. The third-order valence-electron chi connectivity index (χ3n) is 1.25. The van der Waals surface area contributed by atoms with Gasteiger partial charge in [-0.3, -0.25) is 9.59 Å². The molecule has 0 aromatic heterocycles. The molecule has 0 rings (SSSR count). The van der Waals surface area contributed by atoms with E-state index in [1.165, 1.54) is 0 Å². The summed E-state index contributed by atoms with van der Waals surface area (Å²) < 4.78 is 67.9. The van der Waals surface area contributed by atoms with Crippen molar-refractivity contribution in [1.82, 2.24) is 0 Å². The molecule has 0 aromatic rings. The number of aliphatic hydroxyl groups is 2. The summed E-state index contributed by atoms with van der Waals surface area (Å²) in [6.07, 6.45) is -9.45. The molecule has 125 valence electrons. The van der Waals surface area contributed by atoms with Crippen molar-refractivity contribution in [2.24, 2.45) is 0 Å². The number of allylic oxidation sites excluding steroid dienone is 4. The van der Waals surface area contributed by atoms with Gasteiger partial charge in [0.05, 0.1) is 5.76 Å². The summed E-state index contributed by atoms with van der Waals surface area (Å²) >= 11 is 0. The van der Waals surface area contributed by atoms with E-state index in [1.54, 1.807) is 0 Å². The Hall–Kier alpha value is -1.49. The van der Waals surface area contributed by atoms with Crippen molar-refractivity contribution in [1.29, 1.82) is 0 Å². The number of hydrogen-bond acceptors (Lipinski definition) is 4. The minimum absolute atomic E-state index is 0. The Morgan fingerprint density at radius 2 is 1.24 bits per heavy atom. The number of rotatable bonds is 2. The fraction of sp³-hybridized carbons (Fsp3) is 0.400. The smallest absolute Gasteiger partial charge is 0.454 e. The zero-order chi connectivity index (χ0) is 16.7. The predicted octanol–water partition coefficient (Wildman–Crippen LogP) is 3.16. The van der Waals surface area contributed by atoms with Crippen LogP contribution in [0.15, 0.2) is 23.7 Å². The van der Waals surface area contributed by atoms with E-state index in [0.717, 1.165) is 13.8 Å². The Labute approximate surface area is 125 Å². The maximum Gasteiger partial charge on any atom is 0.454 e. The fourth-order valence-corrected chi connectivity index (χ4v) is 0.546. The Bertz CT molecular complexity index is 418. The van der Waals surface area contributed by atoms with Crippen LogP contribution in [0.2, 0.25) is 0 Å². The second-order valence-electron chi connectivity index (χ2n) is 3.29. The van der Waals surface area contributed by atoms with Crippen molar-refractivity contribution in [3.05, 3.63) is 23.7 Å². The van der Waals surface area contributed by atoms with Crippen LogP contribution in [0.4, 0.5) is 26.3 Å². The first kappa shape index (κ1) is 24.5. The first-order valence-corrected chi connectivity index (χ1v) is 4.64. The van der Waals surface area contributed by atoms with Crippen molar-refractivity contribution in [2.45, 2.75) is 26.2 Å². The first-order chi connectivity index (χ1) is 8.67. The van der Waals surface area contributed by atoms with E-state index in [4.69, 9.17) is 10.2 Å². The summed E-state index contributed by atoms with van der Waals surface area (Å²) in [6.45, 7) is 1.91. The third kappa shape index (κ3) is 14.7. The molecule has 0 fully saturated rings. The van der Waals surface area contributed by atoms with Gasteiger partial charge >= 0.3 is 12.4 Å². The molecule has 0 aromatic carbocycles. The Morgan fingerprint density at radius 1 is 0.857 bits per heavy atom. The van der Waals surface area contributed by atoms with Crippen LogP contribution in [0.5, 0.6) is 0 Å². The maximum absolute atomic E-state index is 11.3. The Balaban J connectivity index is -0.000000295. The number of carbonyl (C=O) groups is 2. The number of hydrogen-bond donors (Lipinski definition) is 2. The average molecular weight is 367 g/mol. The van der Waals surface area contributed by atoms with Crippen LogP contribution >= 0.6 is 0 Å². The van der Waals surface area contributed by atoms with E-state index < -0.39 is 35.4 Å². The molecule has 0 aliphatic rings. The third-order valence-corrected chi connectivity index (χ3v) is 1.25. The molecule has 0 aliphatic carbocycles. The molecule has 0 unspecified atom stereocenters. The Kier molecular flexibility index (Phi) is 11.0. The molecule has 0 bridgehead atoms. The summed E-state index contributed by atoms with van der Waals surface area (Å²) in [4.78, 5) is 19.9. The van der Waals surface area contributed by atoms with E-state index in [0.29, 0.717) is 0 Å². The van der Waals surface area contributed by atoms with Crippen LogP contribution in [0.25, 0.3) is 0 Å². The van der Waals surface area contributed by atoms with E-state index >= 15 is 0 Å². The molecule has 0 saturated heterocycles. The van der Waals surface area contributed by atoms with Gasteiger partial charge in [0, 0.05) is 28.9 Å². The van der Waals surface area contributed by atoms with Gasteiger partial charge in [0.2, 0.25) is 5.76 Å². The summed E-state index contributed by atoms with van der Waals surface area (Å²) in [7, 11) is 0. The van der Waals surface area contributed by atoms with Gasteiger partial charge in [-0.2, -0.15) is 26.3 Å². The number of alkyl halides is 6. The van der Waals surface area contributed by atoms with Gasteiger partial charge in [-0.15, -0.1) is 0 Å². The predicted molar refractivity (Wildman–Crippen MR) is 54.9 cm³/mol. The SMILES string of the molecule is C/C(O)=C/C(=O)C(F)(F)F.CC(=O)/C=C(\O)C(F)(F)F.[Co]. The molecule has 4 nitrogen and oxygen atoms in total. The van der Waals surface area contributed by atoms with Crippen molar-refractivity contribution >= 4 is 11.6 Å². The monoisotopic (exact) mass is 367 g/mol. The summed E-state index contributed by atoms with van der Waals surface area (Å²) in [6, 6.07) is 0. The van der Waals surface area contributed by atoms with Crippen LogP contribution in [0.1, 0.15) is 13.8 Å². The summed E-state index contributed by atoms with van der Waals surface area (Å²) in [5.74, 6) is -5.40. The average Bonchev–Trinajstić information content (AvgIpc) is 2.13. The van der Waals surface area contributed by atoms with Gasteiger partial charge < -0.3 is 10.2 Å². The number of halogens is 6. The standard InChI is InChI=1S/2C5H5F3O2.Co/c2*1-3(9)2-4(10)5(6,7)8;/h2,10H,1H3;2,9H,1H3;/b4-2-;3-2-;. The zero-order valence-corrected chi connectivity index (χ0v) is 11.5. The van der Waals surface area contributed by atoms with Crippen LogP contribution in [0, 0.1) is 0 Å². The number of aliphatic hydroxyl groups excluding tert-OH is 2. The molecular formula is C10H10CoF6O4. The molecule has 0 aliphatic heterocycles. The van der Waals surface area contributed by atoms with Gasteiger partial charge in [-0.1, -0.05) is 0 Å². The number of carbonyl (C=O) groups excluding carboxylic acids is 2. The second kappa shape index (κ2) is 9.44. The van der Waals surface area contributed by atoms with Crippen LogP contribution in [-0.2, 0) is 26.4 Å². The van der Waals surface area contributed by atoms with Crippen molar-refractivity contribution in [3.8, 4) is 0 Å². The first-order valence-electron chi connectivity index (χ1n) is 4.64. The normalized spacial score (nSPS) is 12.8. The summed E-state index contributed by atoms with van der Waals surface area (Å²) in [5.41, 5.74) is 0. The van der Waals surface area contributed by atoms with Crippen molar-refractivity contribution < 1.29 is 62.9 Å². The largest absolute Gasteiger partial charge is 0.512 e. The van der Waals surface area contributed by atoms with Crippen LogP contribution < -0.4 is 0 Å². The van der Waals surface area contributed by atoms with Gasteiger partial charge in [0.15, 0.2) is 5.78 Å².